The molecule has 0 N–H and O–H groups in total. The lowest BCUT2D eigenvalue weighted by Gasteiger charge is -2.47. The molecule has 1 nitrogen and oxygen atoms in total. The fourth-order valence-corrected chi connectivity index (χ4v) is 10.3. The molecule has 1 unspecified atom stereocenters. The van der Waals surface area contributed by atoms with Crippen LogP contribution in [0.25, 0.3) is 44.5 Å². The summed E-state index contributed by atoms with van der Waals surface area (Å²) in [5.74, 6) is 0. The Hall–Kier alpha value is -5.71. The average Bonchev–Trinajstić information content (AvgIpc) is 3.54. The molecule has 2 aliphatic rings. The van der Waals surface area contributed by atoms with Crippen molar-refractivity contribution < 1.29 is 17.7 Å². The Kier molecular flexibility index (Phi) is 11.1. The zero-order valence-corrected chi connectivity index (χ0v) is 35.4. The van der Waals surface area contributed by atoms with Gasteiger partial charge in [0.2, 0.25) is 0 Å². The summed E-state index contributed by atoms with van der Waals surface area (Å²) in [6.45, 7) is 9.83. The van der Waals surface area contributed by atoms with Crippen molar-refractivity contribution in [2.45, 2.75) is 69.4 Å². The molecule has 2 fully saturated rings. The summed E-state index contributed by atoms with van der Waals surface area (Å²) in [6, 6.07) is 56.3. The van der Waals surface area contributed by atoms with E-state index in [9.17, 15) is 0 Å². The molecule has 0 bridgehead atoms. The molecule has 9 rings (SSSR count). The van der Waals surface area contributed by atoms with E-state index in [0.717, 1.165) is 38.9 Å². The topological polar surface area (TPSA) is 0 Å². The van der Waals surface area contributed by atoms with Gasteiger partial charge in [0.25, 0.3) is 0 Å². The Morgan fingerprint density at radius 2 is 0.721 bits per heavy atom. The first-order valence-corrected chi connectivity index (χ1v) is 22.1. The van der Waals surface area contributed by atoms with Crippen molar-refractivity contribution in [2.24, 2.45) is 0 Å². The van der Waals surface area contributed by atoms with Crippen LogP contribution in [0, 0.1) is 6.92 Å². The predicted molar refractivity (Wildman–Crippen MR) is 247 cm³/mol. The lowest BCUT2D eigenvalue weighted by molar-refractivity contribution is -0.933. The summed E-state index contributed by atoms with van der Waals surface area (Å²) in [4.78, 5) is 0. The van der Waals surface area contributed by atoms with Gasteiger partial charge in [0.15, 0.2) is 0 Å². The lowest BCUT2D eigenvalue weighted by Crippen LogP contribution is -2.56. The minimum atomic E-state index is -4.63. The van der Waals surface area contributed by atoms with E-state index in [2.05, 4.69) is 98.8 Å². The molecule has 2 heterocycles. The van der Waals surface area contributed by atoms with E-state index in [0.29, 0.717) is 0 Å². The second-order valence-corrected chi connectivity index (χ2v) is 18.1. The zero-order chi connectivity index (χ0) is 42.1. The second kappa shape index (κ2) is 16.6. The molecule has 0 saturated carbocycles. The van der Waals surface area contributed by atoms with E-state index >= 15 is 13.2 Å². The molecule has 7 aromatic carbocycles. The standard InChI is InChI=1S/C57H55F3N/c1-42-12-14-43(15-13-42)44-16-18-46(19-17-44)49-26-32-53(33-27-49)56(57(58,59)60,52-10-6-5-7-11-52)54-34-28-50(29-35-54)47-22-20-45(21-23-47)48-24-30-51(31-25-48)55(2)36-40-61(41-37-55)38-8-3-4-9-39-61/h5-7,10-35H,3-4,8-9,36-41H2,1-2H3/q+1. The van der Waals surface area contributed by atoms with Gasteiger partial charge in [0.05, 0.1) is 26.2 Å². The number of piperidine rings is 1. The number of hydrogen-bond acceptors (Lipinski definition) is 0. The highest BCUT2D eigenvalue weighted by Crippen LogP contribution is 2.52. The van der Waals surface area contributed by atoms with Crippen LogP contribution in [0.4, 0.5) is 13.2 Å². The zero-order valence-electron chi connectivity index (χ0n) is 35.4. The molecule has 4 heteroatoms. The third kappa shape index (κ3) is 7.99. The van der Waals surface area contributed by atoms with Gasteiger partial charge < -0.3 is 4.48 Å². The van der Waals surface area contributed by atoms with Crippen molar-refractivity contribution in [3.05, 3.63) is 204 Å². The molecular weight excluding hydrogens is 756 g/mol. The molecule has 308 valence electrons. The van der Waals surface area contributed by atoms with Gasteiger partial charge in [0.1, 0.15) is 5.41 Å². The first kappa shape index (κ1) is 40.7. The second-order valence-electron chi connectivity index (χ2n) is 18.1. The Labute approximate surface area is 360 Å². The highest BCUT2D eigenvalue weighted by atomic mass is 19.4. The van der Waals surface area contributed by atoms with Crippen LogP contribution in [0.5, 0.6) is 0 Å². The first-order chi connectivity index (χ1) is 29.6. The number of nitrogens with zero attached hydrogens (tertiary/aromatic N) is 1. The maximum absolute atomic E-state index is 16.0. The normalized spacial score (nSPS) is 17.3. The van der Waals surface area contributed by atoms with Crippen LogP contribution in [0.3, 0.4) is 0 Å². The summed E-state index contributed by atoms with van der Waals surface area (Å²) in [5.41, 5.74) is 9.17. The number of rotatable bonds is 8. The van der Waals surface area contributed by atoms with Gasteiger partial charge in [-0.3, -0.25) is 0 Å². The molecule has 61 heavy (non-hydrogen) atoms. The predicted octanol–water partition coefficient (Wildman–Crippen LogP) is 15.0. The van der Waals surface area contributed by atoms with Gasteiger partial charge in [0, 0.05) is 18.3 Å². The van der Waals surface area contributed by atoms with Crippen molar-refractivity contribution in [2.75, 3.05) is 26.2 Å². The fraction of sp³-hybridized carbons (Fsp3) is 0.263. The molecule has 2 saturated heterocycles. The molecular formula is C57H55F3N+. The van der Waals surface area contributed by atoms with Crippen LogP contribution in [-0.2, 0) is 10.8 Å². The summed E-state index contributed by atoms with van der Waals surface area (Å²) >= 11 is 0. The SMILES string of the molecule is Cc1ccc(-c2ccc(-c3ccc(C(c4ccccc4)(c4ccc(-c5ccc(-c6ccc(C7(C)CC[N+]8(CCCCCC8)CC7)cc6)cc5)cc4)C(F)(F)F)cc3)cc2)cc1. The molecule has 1 atom stereocenters. The van der Waals surface area contributed by atoms with E-state index in [4.69, 9.17) is 0 Å². The van der Waals surface area contributed by atoms with Gasteiger partial charge in [-0.2, -0.15) is 13.2 Å². The lowest BCUT2D eigenvalue weighted by atomic mass is 9.68. The maximum atomic E-state index is 16.0. The highest BCUT2D eigenvalue weighted by Gasteiger charge is 2.58. The summed E-state index contributed by atoms with van der Waals surface area (Å²) in [6.07, 6.45) is 3.40. The van der Waals surface area contributed by atoms with Crippen molar-refractivity contribution in [3.63, 3.8) is 0 Å². The van der Waals surface area contributed by atoms with Crippen LogP contribution >= 0.6 is 0 Å². The number of hydrogen-bond donors (Lipinski definition) is 0. The number of benzene rings is 7. The van der Waals surface area contributed by atoms with E-state index < -0.39 is 11.6 Å². The smallest absolute Gasteiger partial charge is 0.324 e. The number of aryl methyl sites for hydroxylation is 1. The van der Waals surface area contributed by atoms with E-state index in [-0.39, 0.29) is 22.1 Å². The molecule has 2 aliphatic heterocycles. The monoisotopic (exact) mass is 810 g/mol. The fourth-order valence-electron chi connectivity index (χ4n) is 10.3. The molecule has 0 amide bonds. The summed E-state index contributed by atoms with van der Waals surface area (Å²) < 4.78 is 49.2. The van der Waals surface area contributed by atoms with Crippen LogP contribution < -0.4 is 0 Å². The first-order valence-electron chi connectivity index (χ1n) is 22.1. The average molecular weight is 811 g/mol. The van der Waals surface area contributed by atoms with E-state index in [1.807, 2.05) is 36.4 Å². The van der Waals surface area contributed by atoms with Crippen molar-refractivity contribution in [1.82, 2.24) is 0 Å². The van der Waals surface area contributed by atoms with E-state index in [1.165, 1.54) is 85.9 Å². The van der Waals surface area contributed by atoms with Gasteiger partial charge in [-0.15, -0.1) is 0 Å². The number of halogens is 3. The third-order valence-electron chi connectivity index (χ3n) is 14.3. The van der Waals surface area contributed by atoms with Crippen LogP contribution in [0.15, 0.2) is 176 Å². The molecule has 0 radical (unpaired) electrons. The highest BCUT2D eigenvalue weighted by molar-refractivity contribution is 5.73. The largest absolute Gasteiger partial charge is 0.406 e. The maximum Gasteiger partial charge on any atom is 0.406 e. The Morgan fingerprint density at radius 3 is 1.10 bits per heavy atom. The Bertz CT molecular complexity index is 2520. The van der Waals surface area contributed by atoms with Crippen molar-refractivity contribution in [1.29, 1.82) is 0 Å². The number of alkyl halides is 3. The number of quaternary nitrogens is 1. The molecule has 7 aromatic rings. The Morgan fingerprint density at radius 1 is 0.393 bits per heavy atom. The summed E-state index contributed by atoms with van der Waals surface area (Å²) in [7, 11) is 0. The summed E-state index contributed by atoms with van der Waals surface area (Å²) in [5, 5.41) is 0. The van der Waals surface area contributed by atoms with Crippen molar-refractivity contribution in [3.8, 4) is 44.5 Å². The van der Waals surface area contributed by atoms with Crippen LogP contribution in [0.1, 0.15) is 73.3 Å². The van der Waals surface area contributed by atoms with Crippen LogP contribution in [-0.4, -0.2) is 36.8 Å². The molecule has 0 aromatic heterocycles. The van der Waals surface area contributed by atoms with Gasteiger partial charge in [-0.1, -0.05) is 188 Å². The van der Waals surface area contributed by atoms with Gasteiger partial charge in [-0.25, -0.2) is 0 Å². The van der Waals surface area contributed by atoms with Gasteiger partial charge >= 0.3 is 6.18 Å². The Balaban J connectivity index is 0.953. The van der Waals surface area contributed by atoms with Gasteiger partial charge in [-0.05, 0) is 99.4 Å². The minimum absolute atomic E-state index is 0.176. The van der Waals surface area contributed by atoms with Crippen LogP contribution in [0.2, 0.25) is 0 Å². The van der Waals surface area contributed by atoms with E-state index in [1.54, 1.807) is 54.6 Å². The quantitative estimate of drug-likeness (QED) is 0.106. The molecule has 1 spiro atoms. The molecule has 0 aliphatic carbocycles. The minimum Gasteiger partial charge on any atom is -0.324 e. The van der Waals surface area contributed by atoms with Crippen molar-refractivity contribution >= 4 is 0 Å². The third-order valence-corrected chi connectivity index (χ3v) is 14.3.